The van der Waals surface area contributed by atoms with Crippen LogP contribution in [-0.2, 0) is 0 Å². The molecule has 0 radical (unpaired) electrons. The number of carboxylic acid groups (broad SMARTS) is 1. The first kappa shape index (κ1) is 22.2. The average Bonchev–Trinajstić information content (AvgIpc) is 2.93. The maximum atomic E-state index is 12.1. The van der Waals surface area contributed by atoms with E-state index in [0.29, 0.717) is 5.56 Å². The van der Waals surface area contributed by atoms with E-state index in [2.05, 4.69) is 12.1 Å². The molecule has 5 rings (SSSR count). The quantitative estimate of drug-likeness (QED) is 0.285. The van der Waals surface area contributed by atoms with Crippen LogP contribution in [0, 0.1) is 0 Å². The van der Waals surface area contributed by atoms with Crippen molar-refractivity contribution < 1.29 is 14.6 Å². The van der Waals surface area contributed by atoms with Crippen molar-refractivity contribution in [3.63, 3.8) is 0 Å². The summed E-state index contributed by atoms with van der Waals surface area (Å²) in [6, 6.07) is 39.4. The van der Waals surface area contributed by atoms with Gasteiger partial charge in [0.2, 0.25) is 0 Å². The lowest BCUT2D eigenvalue weighted by molar-refractivity contribution is -0.254. The van der Waals surface area contributed by atoms with Crippen LogP contribution in [0.3, 0.4) is 0 Å². The minimum absolute atomic E-state index is 0.166. The van der Waals surface area contributed by atoms with Gasteiger partial charge in [0.15, 0.2) is 0 Å². The van der Waals surface area contributed by atoms with Gasteiger partial charge >= 0.3 is 0 Å². The predicted molar refractivity (Wildman–Crippen MR) is 139 cm³/mol. The summed E-state index contributed by atoms with van der Waals surface area (Å²) in [7, 11) is 1.65. The van der Waals surface area contributed by atoms with Crippen molar-refractivity contribution in [2.45, 2.75) is 0 Å². The smallest absolute Gasteiger partial charge is 0.118 e. The van der Waals surface area contributed by atoms with Gasteiger partial charge in [-0.15, -0.1) is 0 Å². The molecule has 0 heterocycles. The Bertz CT molecular complexity index is 1410. The van der Waals surface area contributed by atoms with E-state index in [-0.39, 0.29) is 5.56 Å². The molecule has 0 amide bonds. The van der Waals surface area contributed by atoms with Crippen molar-refractivity contribution in [1.29, 1.82) is 0 Å². The van der Waals surface area contributed by atoms with E-state index < -0.39 is 5.97 Å². The average molecular weight is 456 g/mol. The molecule has 0 aliphatic heterocycles. The van der Waals surface area contributed by atoms with E-state index in [9.17, 15) is 9.90 Å². The van der Waals surface area contributed by atoms with Gasteiger partial charge < -0.3 is 14.6 Å². The molecule has 170 valence electrons. The first-order valence-electron chi connectivity index (χ1n) is 11.4. The lowest BCUT2D eigenvalue weighted by Gasteiger charge is -2.21. The Morgan fingerprint density at radius 1 is 0.571 bits per heavy atom. The standard InChI is InChI=1S/C32H24O3/c1-35-26-18-16-22(17-19-26)25-20-29(23-10-4-2-5-11-23)31(27-14-8-9-15-28(27)32(33)34)30(21-25)24-12-6-3-7-13-24/h2-21H,1H3,(H,33,34)/p-1. The zero-order valence-corrected chi connectivity index (χ0v) is 19.3. The number of methoxy groups -OCH3 is 1. The second-order valence-corrected chi connectivity index (χ2v) is 8.24. The minimum atomic E-state index is -1.20. The van der Waals surface area contributed by atoms with Gasteiger partial charge in [-0.3, -0.25) is 0 Å². The molecule has 0 saturated heterocycles. The summed E-state index contributed by atoms with van der Waals surface area (Å²) in [5.74, 6) is -0.405. The molecule has 0 aromatic heterocycles. The summed E-state index contributed by atoms with van der Waals surface area (Å²) in [5.41, 5.74) is 7.63. The van der Waals surface area contributed by atoms with Crippen LogP contribution < -0.4 is 9.84 Å². The number of hydrogen-bond donors (Lipinski definition) is 0. The normalized spacial score (nSPS) is 10.7. The molecule has 0 N–H and O–H groups in total. The monoisotopic (exact) mass is 455 g/mol. The highest BCUT2D eigenvalue weighted by Crippen LogP contribution is 2.44. The second-order valence-electron chi connectivity index (χ2n) is 8.24. The van der Waals surface area contributed by atoms with Crippen LogP contribution in [0.5, 0.6) is 5.75 Å². The molecule has 35 heavy (non-hydrogen) atoms. The highest BCUT2D eigenvalue weighted by molar-refractivity contribution is 6.04. The Kier molecular flexibility index (Phi) is 6.15. The van der Waals surface area contributed by atoms with Gasteiger partial charge in [0, 0.05) is 5.56 Å². The van der Waals surface area contributed by atoms with Crippen LogP contribution in [-0.4, -0.2) is 13.1 Å². The Morgan fingerprint density at radius 2 is 1.09 bits per heavy atom. The van der Waals surface area contributed by atoms with Crippen LogP contribution >= 0.6 is 0 Å². The highest BCUT2D eigenvalue weighted by Gasteiger charge is 2.19. The van der Waals surface area contributed by atoms with Crippen molar-refractivity contribution in [2.75, 3.05) is 7.11 Å². The van der Waals surface area contributed by atoms with Gasteiger partial charge in [0.1, 0.15) is 5.75 Å². The fraction of sp³-hybridized carbons (Fsp3) is 0.0312. The molecule has 0 saturated carbocycles. The molecule has 0 unspecified atom stereocenters. The Hall–Kier alpha value is -4.63. The van der Waals surface area contributed by atoms with E-state index in [1.165, 1.54) is 0 Å². The zero-order chi connectivity index (χ0) is 24.2. The second kappa shape index (κ2) is 9.70. The number of carbonyl (C=O) groups is 1. The fourth-order valence-corrected chi connectivity index (χ4v) is 4.45. The third-order valence-corrected chi connectivity index (χ3v) is 6.15. The van der Waals surface area contributed by atoms with Crippen molar-refractivity contribution in [1.82, 2.24) is 0 Å². The van der Waals surface area contributed by atoms with Gasteiger partial charge in [-0.25, -0.2) is 0 Å². The molecule has 0 fully saturated rings. The maximum Gasteiger partial charge on any atom is 0.118 e. The fourth-order valence-electron chi connectivity index (χ4n) is 4.45. The molecule has 5 aromatic carbocycles. The third-order valence-electron chi connectivity index (χ3n) is 6.15. The van der Waals surface area contributed by atoms with Crippen LogP contribution in [0.4, 0.5) is 0 Å². The van der Waals surface area contributed by atoms with Crippen LogP contribution in [0.25, 0.3) is 44.5 Å². The van der Waals surface area contributed by atoms with Crippen molar-refractivity contribution in [3.05, 3.63) is 127 Å². The first-order valence-corrected chi connectivity index (χ1v) is 11.4. The summed E-state index contributed by atoms with van der Waals surface area (Å²) in [5, 5.41) is 12.1. The molecule has 0 spiro atoms. The van der Waals surface area contributed by atoms with Crippen molar-refractivity contribution >= 4 is 5.97 Å². The third kappa shape index (κ3) is 4.44. The van der Waals surface area contributed by atoms with Crippen molar-refractivity contribution in [3.8, 4) is 50.3 Å². The number of aromatic carboxylic acids is 1. The summed E-state index contributed by atoms with van der Waals surface area (Å²) in [4.78, 5) is 12.1. The van der Waals surface area contributed by atoms with E-state index in [0.717, 1.165) is 44.7 Å². The molecule has 5 aromatic rings. The van der Waals surface area contributed by atoms with Gasteiger partial charge in [-0.05, 0) is 68.8 Å². The van der Waals surface area contributed by atoms with Crippen LogP contribution in [0.1, 0.15) is 10.4 Å². The number of carbonyl (C=O) groups excluding carboxylic acids is 1. The van der Waals surface area contributed by atoms with Gasteiger partial charge in [-0.1, -0.05) is 97.1 Å². The Labute approximate surface area is 204 Å². The molecular formula is C32H23O3-. The number of carboxylic acids is 1. The van der Waals surface area contributed by atoms with E-state index in [1.807, 2.05) is 97.1 Å². The predicted octanol–water partition coefficient (Wildman–Crippen LogP) is 6.73. The maximum absolute atomic E-state index is 12.1. The SMILES string of the molecule is COc1ccc(-c2cc(-c3ccccc3)c(-c3ccccc3C(=O)[O-])c(-c3ccccc3)c2)cc1. The molecule has 0 bridgehead atoms. The van der Waals surface area contributed by atoms with E-state index in [1.54, 1.807) is 19.2 Å². The molecule has 3 heteroatoms. The minimum Gasteiger partial charge on any atom is -0.545 e. The lowest BCUT2D eigenvalue weighted by Crippen LogP contribution is -2.23. The number of benzene rings is 5. The Balaban J connectivity index is 1.88. The molecule has 3 nitrogen and oxygen atoms in total. The summed E-state index contributed by atoms with van der Waals surface area (Å²) >= 11 is 0. The molecular weight excluding hydrogens is 432 g/mol. The van der Waals surface area contributed by atoms with E-state index >= 15 is 0 Å². The lowest BCUT2D eigenvalue weighted by atomic mass is 9.83. The highest BCUT2D eigenvalue weighted by atomic mass is 16.5. The largest absolute Gasteiger partial charge is 0.545 e. The van der Waals surface area contributed by atoms with Gasteiger partial charge in [-0.2, -0.15) is 0 Å². The van der Waals surface area contributed by atoms with Crippen LogP contribution in [0.15, 0.2) is 121 Å². The molecule has 0 aliphatic rings. The number of ether oxygens (including phenoxy) is 1. The number of hydrogen-bond acceptors (Lipinski definition) is 3. The Morgan fingerprint density at radius 3 is 1.60 bits per heavy atom. The summed E-state index contributed by atoms with van der Waals surface area (Å²) < 4.78 is 5.34. The summed E-state index contributed by atoms with van der Waals surface area (Å²) in [6.07, 6.45) is 0. The van der Waals surface area contributed by atoms with Gasteiger partial charge in [0.05, 0.1) is 13.1 Å². The molecule has 0 aliphatic carbocycles. The van der Waals surface area contributed by atoms with E-state index in [4.69, 9.17) is 4.74 Å². The van der Waals surface area contributed by atoms with Crippen LogP contribution in [0.2, 0.25) is 0 Å². The first-order chi connectivity index (χ1) is 17.2. The summed E-state index contributed by atoms with van der Waals surface area (Å²) in [6.45, 7) is 0. The number of rotatable bonds is 6. The molecule has 0 atom stereocenters. The van der Waals surface area contributed by atoms with Gasteiger partial charge in [0.25, 0.3) is 0 Å². The van der Waals surface area contributed by atoms with Crippen molar-refractivity contribution in [2.24, 2.45) is 0 Å². The topological polar surface area (TPSA) is 49.4 Å². The zero-order valence-electron chi connectivity index (χ0n) is 19.3.